The minimum Gasteiger partial charge on any atom is -0.481 e. The van der Waals surface area contributed by atoms with Crippen LogP contribution in [0.2, 0.25) is 0 Å². The molecular weight excluding hydrogens is 210 g/mol. The highest BCUT2D eigenvalue weighted by Gasteiger charge is 2.07. The van der Waals surface area contributed by atoms with E-state index in [-0.39, 0.29) is 25.0 Å². The van der Waals surface area contributed by atoms with Crippen molar-refractivity contribution in [3.63, 3.8) is 0 Å². The van der Waals surface area contributed by atoms with Gasteiger partial charge in [-0.3, -0.25) is 4.79 Å². The number of amides is 2. The molecular formula is C10H21N3O3. The lowest BCUT2D eigenvalue weighted by molar-refractivity contribution is -0.136. The molecule has 0 bridgehead atoms. The number of urea groups is 1. The minimum atomic E-state index is -0.916. The third-order valence-corrected chi connectivity index (χ3v) is 2.01. The molecule has 0 saturated carbocycles. The highest BCUT2D eigenvalue weighted by atomic mass is 16.4. The summed E-state index contributed by atoms with van der Waals surface area (Å²) >= 11 is 0. The molecule has 0 aromatic carbocycles. The average Bonchev–Trinajstić information content (AvgIpc) is 2.14. The zero-order valence-corrected chi connectivity index (χ0v) is 10.1. The van der Waals surface area contributed by atoms with Crippen molar-refractivity contribution in [2.45, 2.75) is 25.8 Å². The molecule has 6 heteroatoms. The first kappa shape index (κ1) is 14.7. The highest BCUT2D eigenvalue weighted by Crippen LogP contribution is 1.91. The second-order valence-electron chi connectivity index (χ2n) is 4.04. The number of carbonyl (C=O) groups excluding carboxylic acids is 1. The summed E-state index contributed by atoms with van der Waals surface area (Å²) < 4.78 is 0. The van der Waals surface area contributed by atoms with Crippen molar-refractivity contribution in [2.75, 3.05) is 27.2 Å². The Balaban J connectivity index is 3.58. The zero-order chi connectivity index (χ0) is 12.6. The van der Waals surface area contributed by atoms with Crippen LogP contribution in [0, 0.1) is 0 Å². The fourth-order valence-electron chi connectivity index (χ4n) is 1.08. The summed E-state index contributed by atoms with van der Waals surface area (Å²) in [6.45, 7) is 2.97. The van der Waals surface area contributed by atoms with E-state index in [2.05, 4.69) is 10.6 Å². The van der Waals surface area contributed by atoms with Gasteiger partial charge in [0.2, 0.25) is 0 Å². The van der Waals surface area contributed by atoms with Gasteiger partial charge in [0.05, 0.1) is 6.42 Å². The quantitative estimate of drug-likeness (QED) is 0.580. The second kappa shape index (κ2) is 7.92. The van der Waals surface area contributed by atoms with Gasteiger partial charge in [-0.1, -0.05) is 0 Å². The predicted octanol–water partition coefficient (Wildman–Crippen LogP) is 0.101. The lowest BCUT2D eigenvalue weighted by Crippen LogP contribution is -2.42. The van der Waals surface area contributed by atoms with Crippen LogP contribution in [0.15, 0.2) is 0 Å². The molecule has 6 nitrogen and oxygen atoms in total. The average molecular weight is 231 g/mol. The monoisotopic (exact) mass is 231 g/mol. The maximum absolute atomic E-state index is 11.3. The Hall–Kier alpha value is -1.30. The number of hydrogen-bond donors (Lipinski definition) is 3. The molecule has 0 fully saturated rings. The van der Waals surface area contributed by atoms with Gasteiger partial charge in [0.1, 0.15) is 0 Å². The number of carboxylic acid groups (broad SMARTS) is 1. The van der Waals surface area contributed by atoms with Crippen molar-refractivity contribution in [3.05, 3.63) is 0 Å². The lowest BCUT2D eigenvalue weighted by Gasteiger charge is -2.16. The van der Waals surface area contributed by atoms with E-state index in [1.54, 1.807) is 0 Å². The van der Waals surface area contributed by atoms with Crippen molar-refractivity contribution in [3.8, 4) is 0 Å². The Morgan fingerprint density at radius 1 is 1.38 bits per heavy atom. The van der Waals surface area contributed by atoms with Gasteiger partial charge in [-0.15, -0.1) is 0 Å². The van der Waals surface area contributed by atoms with Gasteiger partial charge in [0.25, 0.3) is 0 Å². The Morgan fingerprint density at radius 2 is 2.00 bits per heavy atom. The Labute approximate surface area is 96.0 Å². The van der Waals surface area contributed by atoms with Crippen molar-refractivity contribution >= 4 is 12.0 Å². The third-order valence-electron chi connectivity index (χ3n) is 2.01. The van der Waals surface area contributed by atoms with Crippen LogP contribution in [-0.4, -0.2) is 55.2 Å². The Morgan fingerprint density at radius 3 is 2.50 bits per heavy atom. The van der Waals surface area contributed by atoms with Crippen molar-refractivity contribution in [1.82, 2.24) is 15.5 Å². The standard InChI is InChI=1S/C10H21N3O3/c1-8(5-7-13(2)3)12-10(16)11-6-4-9(14)15/h8H,4-7H2,1-3H3,(H,14,15)(H2,11,12,16). The zero-order valence-electron chi connectivity index (χ0n) is 10.1. The Bertz CT molecular complexity index is 231. The number of rotatable bonds is 7. The van der Waals surface area contributed by atoms with Crippen LogP contribution >= 0.6 is 0 Å². The fraction of sp³-hybridized carbons (Fsp3) is 0.800. The van der Waals surface area contributed by atoms with Crippen LogP contribution in [-0.2, 0) is 4.79 Å². The maximum atomic E-state index is 11.3. The van der Waals surface area contributed by atoms with Crippen LogP contribution < -0.4 is 10.6 Å². The molecule has 0 saturated heterocycles. The van der Waals surface area contributed by atoms with Crippen LogP contribution in [0.4, 0.5) is 4.79 Å². The topological polar surface area (TPSA) is 81.7 Å². The van der Waals surface area contributed by atoms with Gasteiger partial charge in [-0.05, 0) is 34.0 Å². The summed E-state index contributed by atoms with van der Waals surface area (Å²) in [5, 5.41) is 13.6. The van der Waals surface area contributed by atoms with Crippen molar-refractivity contribution in [2.24, 2.45) is 0 Å². The van der Waals surface area contributed by atoms with E-state index in [4.69, 9.17) is 5.11 Å². The van der Waals surface area contributed by atoms with Gasteiger partial charge in [0, 0.05) is 12.6 Å². The number of aliphatic carboxylic acids is 1. The molecule has 0 spiro atoms. The number of nitrogens with one attached hydrogen (secondary N) is 2. The molecule has 0 aliphatic carbocycles. The van der Waals surface area contributed by atoms with Crippen LogP contribution in [0.5, 0.6) is 0 Å². The molecule has 0 radical (unpaired) electrons. The van der Waals surface area contributed by atoms with E-state index in [9.17, 15) is 9.59 Å². The SMILES string of the molecule is CC(CCN(C)C)NC(=O)NCCC(=O)O. The summed E-state index contributed by atoms with van der Waals surface area (Å²) in [6, 6.07) is -0.236. The van der Waals surface area contributed by atoms with Crippen LogP contribution in [0.25, 0.3) is 0 Å². The fourth-order valence-corrected chi connectivity index (χ4v) is 1.08. The summed E-state index contributed by atoms with van der Waals surface area (Å²) in [5.41, 5.74) is 0. The summed E-state index contributed by atoms with van der Waals surface area (Å²) in [6.07, 6.45) is 0.804. The molecule has 0 aliphatic heterocycles. The first-order chi connectivity index (χ1) is 7.41. The third kappa shape index (κ3) is 9.26. The van der Waals surface area contributed by atoms with E-state index in [1.807, 2.05) is 25.9 Å². The molecule has 1 atom stereocenters. The van der Waals surface area contributed by atoms with Gasteiger partial charge in [-0.25, -0.2) is 4.79 Å². The molecule has 3 N–H and O–H groups in total. The van der Waals surface area contributed by atoms with Gasteiger partial charge in [0.15, 0.2) is 0 Å². The molecule has 2 amide bonds. The van der Waals surface area contributed by atoms with E-state index in [0.29, 0.717) is 0 Å². The highest BCUT2D eigenvalue weighted by molar-refractivity contribution is 5.75. The van der Waals surface area contributed by atoms with E-state index in [1.165, 1.54) is 0 Å². The summed E-state index contributed by atoms with van der Waals surface area (Å²) in [4.78, 5) is 23.5. The van der Waals surface area contributed by atoms with Crippen LogP contribution in [0.1, 0.15) is 19.8 Å². The maximum Gasteiger partial charge on any atom is 0.315 e. The number of nitrogens with zero attached hydrogens (tertiary/aromatic N) is 1. The van der Waals surface area contributed by atoms with E-state index in [0.717, 1.165) is 13.0 Å². The van der Waals surface area contributed by atoms with E-state index < -0.39 is 5.97 Å². The normalized spacial score (nSPS) is 12.2. The van der Waals surface area contributed by atoms with Crippen LogP contribution in [0.3, 0.4) is 0 Å². The second-order valence-corrected chi connectivity index (χ2v) is 4.04. The first-order valence-electron chi connectivity index (χ1n) is 5.32. The van der Waals surface area contributed by atoms with E-state index >= 15 is 0 Å². The summed E-state index contributed by atoms with van der Waals surface area (Å²) in [7, 11) is 3.94. The van der Waals surface area contributed by atoms with Crippen molar-refractivity contribution in [1.29, 1.82) is 0 Å². The van der Waals surface area contributed by atoms with Gasteiger partial charge >= 0.3 is 12.0 Å². The predicted molar refractivity (Wildman–Crippen MR) is 61.4 cm³/mol. The number of carboxylic acids is 1. The molecule has 0 rings (SSSR count). The molecule has 16 heavy (non-hydrogen) atoms. The Kier molecular flexibility index (Phi) is 7.28. The molecule has 0 aliphatic rings. The molecule has 0 aromatic rings. The largest absolute Gasteiger partial charge is 0.481 e. The molecule has 94 valence electrons. The smallest absolute Gasteiger partial charge is 0.315 e. The number of hydrogen-bond acceptors (Lipinski definition) is 3. The first-order valence-corrected chi connectivity index (χ1v) is 5.32. The van der Waals surface area contributed by atoms with Crippen molar-refractivity contribution < 1.29 is 14.7 Å². The van der Waals surface area contributed by atoms with Gasteiger partial charge in [-0.2, -0.15) is 0 Å². The minimum absolute atomic E-state index is 0.0561. The molecule has 0 aromatic heterocycles. The number of carbonyl (C=O) groups is 2. The van der Waals surface area contributed by atoms with Gasteiger partial charge < -0.3 is 20.6 Å². The molecule has 1 unspecified atom stereocenters. The summed E-state index contributed by atoms with van der Waals surface area (Å²) in [5.74, 6) is -0.916. The molecule has 0 heterocycles. The lowest BCUT2D eigenvalue weighted by atomic mass is 10.2.